The Morgan fingerprint density at radius 3 is 2.60 bits per heavy atom. The molecule has 3 nitrogen and oxygen atoms in total. The maximum atomic E-state index is 14.0. The Bertz CT molecular complexity index is 809. The predicted molar refractivity (Wildman–Crippen MR) is 73.8 cm³/mol. The second kappa shape index (κ2) is 4.19. The third-order valence-electron chi connectivity index (χ3n) is 3.50. The maximum absolute atomic E-state index is 14.0. The summed E-state index contributed by atoms with van der Waals surface area (Å²) in [4.78, 5) is 0.670. The van der Waals surface area contributed by atoms with Gasteiger partial charge in [0.15, 0.2) is 5.41 Å². The molecule has 0 spiro atoms. The van der Waals surface area contributed by atoms with Crippen molar-refractivity contribution in [3.8, 4) is 12.1 Å². The zero-order chi connectivity index (χ0) is 14.3. The van der Waals surface area contributed by atoms with Crippen LogP contribution >= 0.6 is 11.3 Å². The van der Waals surface area contributed by atoms with Crippen LogP contribution in [0.4, 0.5) is 4.39 Å². The van der Waals surface area contributed by atoms with Crippen LogP contribution < -0.4 is 5.73 Å². The minimum Gasteiger partial charge on any atom is -0.397 e. The van der Waals surface area contributed by atoms with Gasteiger partial charge in [-0.25, -0.2) is 4.39 Å². The summed E-state index contributed by atoms with van der Waals surface area (Å²) < 4.78 is 14.0. The first-order valence-electron chi connectivity index (χ1n) is 5.81. The van der Waals surface area contributed by atoms with Crippen LogP contribution in [-0.4, -0.2) is 0 Å². The minimum atomic E-state index is -1.30. The summed E-state index contributed by atoms with van der Waals surface area (Å²) in [5.41, 5.74) is 5.39. The highest BCUT2D eigenvalue weighted by atomic mass is 32.1. The first kappa shape index (κ1) is 12.4. The highest BCUT2D eigenvalue weighted by Crippen LogP contribution is 2.50. The van der Waals surface area contributed by atoms with Crippen LogP contribution in [0.2, 0.25) is 0 Å². The van der Waals surface area contributed by atoms with Crippen molar-refractivity contribution in [1.82, 2.24) is 0 Å². The van der Waals surface area contributed by atoms with Crippen molar-refractivity contribution in [1.29, 1.82) is 10.5 Å². The number of halogens is 1. The highest BCUT2D eigenvalue weighted by molar-refractivity contribution is 7.10. The van der Waals surface area contributed by atoms with Crippen molar-refractivity contribution in [3.05, 3.63) is 63.1 Å². The average molecular weight is 281 g/mol. The lowest BCUT2D eigenvalue weighted by atomic mass is 9.77. The molecule has 20 heavy (non-hydrogen) atoms. The van der Waals surface area contributed by atoms with Crippen molar-refractivity contribution in [2.75, 3.05) is 0 Å². The molecule has 3 rings (SSSR count). The number of nitrogens with two attached hydrogens (primary N) is 1. The number of allylic oxidation sites excluding steroid dienone is 1. The molecule has 2 N–H and O–H groups in total. The first-order valence-corrected chi connectivity index (χ1v) is 6.69. The Kier molecular flexibility index (Phi) is 2.60. The van der Waals surface area contributed by atoms with Crippen LogP contribution in [0.1, 0.15) is 16.0 Å². The molecule has 0 saturated carbocycles. The molecule has 5 heteroatoms. The highest BCUT2D eigenvalue weighted by Gasteiger charge is 2.49. The summed E-state index contributed by atoms with van der Waals surface area (Å²) in [5.74, 6) is -0.513. The Hall–Kier alpha value is -2.63. The quantitative estimate of drug-likeness (QED) is 0.873. The van der Waals surface area contributed by atoms with Gasteiger partial charge in [-0.1, -0.05) is 18.2 Å². The molecule has 0 bridgehead atoms. The van der Waals surface area contributed by atoms with Crippen molar-refractivity contribution < 1.29 is 4.39 Å². The summed E-state index contributed by atoms with van der Waals surface area (Å²) in [6.45, 7) is 0. The van der Waals surface area contributed by atoms with Crippen LogP contribution in [0.25, 0.3) is 5.70 Å². The van der Waals surface area contributed by atoms with Gasteiger partial charge in [0.2, 0.25) is 0 Å². The Morgan fingerprint density at radius 2 is 2.00 bits per heavy atom. The van der Waals surface area contributed by atoms with Gasteiger partial charge in [-0.15, -0.1) is 11.3 Å². The lowest BCUT2D eigenvalue weighted by Crippen LogP contribution is -2.24. The minimum absolute atomic E-state index is 0.0514. The van der Waals surface area contributed by atoms with E-state index in [4.69, 9.17) is 5.73 Å². The van der Waals surface area contributed by atoms with E-state index in [0.29, 0.717) is 10.4 Å². The predicted octanol–water partition coefficient (Wildman–Crippen LogP) is 2.90. The summed E-state index contributed by atoms with van der Waals surface area (Å²) in [5, 5.41) is 21.0. The zero-order valence-corrected chi connectivity index (χ0v) is 11.0. The number of fused-ring (bicyclic) bond motifs is 1. The van der Waals surface area contributed by atoms with E-state index in [-0.39, 0.29) is 16.8 Å². The molecule has 0 saturated heterocycles. The van der Waals surface area contributed by atoms with Gasteiger partial charge in [0.1, 0.15) is 5.82 Å². The van der Waals surface area contributed by atoms with E-state index in [2.05, 4.69) is 6.07 Å². The lowest BCUT2D eigenvalue weighted by molar-refractivity contribution is 0.621. The Labute approximate surface area is 119 Å². The van der Waals surface area contributed by atoms with Gasteiger partial charge in [0.05, 0.1) is 23.4 Å². The van der Waals surface area contributed by atoms with Crippen LogP contribution in [0.5, 0.6) is 0 Å². The van der Waals surface area contributed by atoms with E-state index < -0.39 is 11.2 Å². The average Bonchev–Trinajstić information content (AvgIpc) is 3.05. The fourth-order valence-corrected chi connectivity index (χ4v) is 3.53. The number of nitrogens with zero attached hydrogens (tertiary/aromatic N) is 2. The number of hydrogen-bond donors (Lipinski definition) is 1. The second-order valence-corrected chi connectivity index (χ2v) is 5.35. The molecule has 1 unspecified atom stereocenters. The van der Waals surface area contributed by atoms with Gasteiger partial charge in [-0.3, -0.25) is 0 Å². The molecule has 0 radical (unpaired) electrons. The number of benzene rings is 1. The van der Waals surface area contributed by atoms with E-state index in [1.54, 1.807) is 18.2 Å². The molecule has 1 aromatic carbocycles. The standard InChI is InChI=1S/C15H8FN3S/c16-11-4-1-3-9-13(11)14(19)10(7-17)15(9,8-18)12-5-2-6-20-12/h1-6H,19H2. The molecule has 1 aromatic heterocycles. The van der Waals surface area contributed by atoms with Crippen LogP contribution in [0, 0.1) is 28.5 Å². The van der Waals surface area contributed by atoms with Gasteiger partial charge in [-0.05, 0) is 23.1 Å². The van der Waals surface area contributed by atoms with Gasteiger partial charge < -0.3 is 5.73 Å². The summed E-state index contributed by atoms with van der Waals surface area (Å²) in [6, 6.07) is 12.2. The number of rotatable bonds is 1. The van der Waals surface area contributed by atoms with Crippen molar-refractivity contribution >= 4 is 17.0 Å². The largest absolute Gasteiger partial charge is 0.397 e. The fraction of sp³-hybridized carbons (Fsp3) is 0.0667. The van der Waals surface area contributed by atoms with Crippen LogP contribution in [0.15, 0.2) is 41.3 Å². The van der Waals surface area contributed by atoms with Crippen LogP contribution in [-0.2, 0) is 5.41 Å². The zero-order valence-electron chi connectivity index (χ0n) is 10.2. The first-order chi connectivity index (χ1) is 9.66. The third-order valence-corrected chi connectivity index (χ3v) is 4.49. The van der Waals surface area contributed by atoms with E-state index in [1.807, 2.05) is 11.4 Å². The third kappa shape index (κ3) is 1.30. The van der Waals surface area contributed by atoms with E-state index >= 15 is 0 Å². The van der Waals surface area contributed by atoms with Gasteiger partial charge in [-0.2, -0.15) is 10.5 Å². The smallest absolute Gasteiger partial charge is 0.154 e. The van der Waals surface area contributed by atoms with Gasteiger partial charge in [0.25, 0.3) is 0 Å². The van der Waals surface area contributed by atoms with Crippen molar-refractivity contribution in [2.45, 2.75) is 5.41 Å². The van der Waals surface area contributed by atoms with E-state index in [9.17, 15) is 14.9 Å². The normalized spacial score (nSPS) is 20.4. The number of hydrogen-bond acceptors (Lipinski definition) is 4. The van der Waals surface area contributed by atoms with Gasteiger partial charge in [0, 0.05) is 10.4 Å². The molecule has 1 heterocycles. The molecule has 0 amide bonds. The Balaban J connectivity index is 2.47. The molecule has 2 aromatic rings. The second-order valence-electron chi connectivity index (χ2n) is 4.40. The topological polar surface area (TPSA) is 73.6 Å². The maximum Gasteiger partial charge on any atom is 0.154 e. The van der Waals surface area contributed by atoms with E-state index in [1.165, 1.54) is 23.5 Å². The SMILES string of the molecule is N#CC1=C(N)c2c(F)cccc2C1(C#N)c1cccs1. The molecular weight excluding hydrogens is 273 g/mol. The molecular formula is C15H8FN3S. The van der Waals surface area contributed by atoms with E-state index in [0.717, 1.165) is 0 Å². The summed E-state index contributed by atoms with van der Waals surface area (Å²) in [6.07, 6.45) is 0. The fourth-order valence-electron chi connectivity index (χ4n) is 2.64. The summed E-state index contributed by atoms with van der Waals surface area (Å²) in [7, 11) is 0. The summed E-state index contributed by atoms with van der Waals surface area (Å²) >= 11 is 1.35. The molecule has 0 fully saturated rings. The van der Waals surface area contributed by atoms with Crippen molar-refractivity contribution in [3.63, 3.8) is 0 Å². The monoisotopic (exact) mass is 281 g/mol. The number of thiophene rings is 1. The van der Waals surface area contributed by atoms with Crippen LogP contribution in [0.3, 0.4) is 0 Å². The lowest BCUT2D eigenvalue weighted by Gasteiger charge is -2.21. The molecule has 1 aliphatic carbocycles. The molecule has 96 valence electrons. The molecule has 1 aliphatic rings. The number of nitriles is 2. The van der Waals surface area contributed by atoms with Crippen molar-refractivity contribution in [2.24, 2.45) is 5.73 Å². The molecule has 0 aliphatic heterocycles. The van der Waals surface area contributed by atoms with Gasteiger partial charge >= 0.3 is 0 Å². The molecule has 1 atom stereocenters. The Morgan fingerprint density at radius 1 is 1.20 bits per heavy atom.